The second-order valence-corrected chi connectivity index (χ2v) is 5.46. The van der Waals surface area contributed by atoms with E-state index in [1.54, 1.807) is 6.07 Å². The van der Waals surface area contributed by atoms with E-state index in [2.05, 4.69) is 0 Å². The summed E-state index contributed by atoms with van der Waals surface area (Å²) in [6.07, 6.45) is -9.83. The Balaban J connectivity index is 2.10. The third-order valence-corrected chi connectivity index (χ3v) is 3.90. The van der Waals surface area contributed by atoms with E-state index in [1.165, 1.54) is 0 Å². The van der Waals surface area contributed by atoms with E-state index < -0.39 is 47.6 Å². The minimum atomic E-state index is -3.19. The molecule has 0 saturated carbocycles. The van der Waals surface area contributed by atoms with Crippen molar-refractivity contribution in [3.05, 3.63) is 58.4 Å². The van der Waals surface area contributed by atoms with Crippen molar-refractivity contribution in [1.29, 1.82) is 5.26 Å². The molecule has 3 nitrogen and oxygen atoms in total. The fourth-order valence-corrected chi connectivity index (χ4v) is 2.82. The van der Waals surface area contributed by atoms with Gasteiger partial charge in [0.05, 0.1) is 17.2 Å². The normalized spacial score (nSPS) is 21.9. The van der Waals surface area contributed by atoms with Crippen molar-refractivity contribution in [3.63, 3.8) is 0 Å². The van der Waals surface area contributed by atoms with Crippen LogP contribution in [0.3, 0.4) is 0 Å². The lowest BCUT2D eigenvalue weighted by Crippen LogP contribution is -2.10. The number of nitriles is 1. The van der Waals surface area contributed by atoms with Crippen molar-refractivity contribution < 1.29 is 31.8 Å². The fourth-order valence-electron chi connectivity index (χ4n) is 2.82. The van der Waals surface area contributed by atoms with Gasteiger partial charge in [0.25, 0.3) is 6.43 Å². The van der Waals surface area contributed by atoms with Crippen LogP contribution in [0.1, 0.15) is 41.0 Å². The van der Waals surface area contributed by atoms with Gasteiger partial charge in [0.2, 0.25) is 0 Å². The summed E-state index contributed by atoms with van der Waals surface area (Å²) in [6, 6.07) is 6.63. The van der Waals surface area contributed by atoms with Gasteiger partial charge >= 0.3 is 0 Å². The monoisotopic (exact) mass is 355 g/mol. The first-order valence-electron chi connectivity index (χ1n) is 7.13. The van der Waals surface area contributed by atoms with Crippen LogP contribution in [0, 0.1) is 17.1 Å². The Labute approximate surface area is 138 Å². The van der Waals surface area contributed by atoms with Gasteiger partial charge in [-0.2, -0.15) is 5.26 Å². The van der Waals surface area contributed by atoms with E-state index in [-0.39, 0.29) is 16.9 Å². The van der Waals surface area contributed by atoms with Crippen molar-refractivity contribution in [2.75, 3.05) is 0 Å². The summed E-state index contributed by atoms with van der Waals surface area (Å²) in [5.74, 6) is -1.54. The van der Waals surface area contributed by atoms with Gasteiger partial charge in [0.15, 0.2) is 12.3 Å². The Morgan fingerprint density at radius 2 is 1.88 bits per heavy atom. The summed E-state index contributed by atoms with van der Waals surface area (Å²) in [7, 11) is 0. The topological polar surface area (TPSA) is 53.2 Å². The molecular formula is C17H10F5NO2. The molecule has 3 atom stereocenters. The SMILES string of the molecule is N#Cc1cc(F)cc(Oc2ccc3c(c2C(F)F)C(O)C(F)C3F)c1. The van der Waals surface area contributed by atoms with Crippen LogP contribution >= 0.6 is 0 Å². The number of rotatable bonds is 3. The number of halogens is 5. The fraction of sp³-hybridized carbons (Fsp3) is 0.235. The standard InChI is InChI=1S/C17H10F5NO2/c18-8-3-7(6-23)4-9(5-8)25-11-2-1-10-12(13(11)17(21)22)16(24)15(20)14(10)19/h1-5,14-17,24H. The van der Waals surface area contributed by atoms with Crippen LogP contribution in [0.4, 0.5) is 22.0 Å². The Bertz CT molecular complexity index is 865. The number of alkyl halides is 4. The van der Waals surface area contributed by atoms with Gasteiger partial charge < -0.3 is 9.84 Å². The summed E-state index contributed by atoms with van der Waals surface area (Å²) in [5.41, 5.74) is -1.90. The number of hydrogen-bond acceptors (Lipinski definition) is 3. The number of nitrogens with zero attached hydrogens (tertiary/aromatic N) is 1. The summed E-state index contributed by atoms with van der Waals surface area (Å²) in [4.78, 5) is 0. The molecule has 1 aliphatic carbocycles. The van der Waals surface area contributed by atoms with Crippen molar-refractivity contribution in [2.24, 2.45) is 0 Å². The largest absolute Gasteiger partial charge is 0.457 e. The summed E-state index contributed by atoms with van der Waals surface area (Å²) >= 11 is 0. The number of ether oxygens (including phenoxy) is 1. The van der Waals surface area contributed by atoms with E-state index in [9.17, 15) is 27.1 Å². The van der Waals surface area contributed by atoms with Crippen LogP contribution in [0.2, 0.25) is 0 Å². The molecule has 0 saturated heterocycles. The molecule has 130 valence electrons. The smallest absolute Gasteiger partial charge is 0.267 e. The average Bonchev–Trinajstić information content (AvgIpc) is 2.78. The third kappa shape index (κ3) is 2.91. The zero-order valence-electron chi connectivity index (χ0n) is 12.4. The van der Waals surface area contributed by atoms with Gasteiger partial charge in [-0.1, -0.05) is 6.07 Å². The molecule has 0 heterocycles. The van der Waals surface area contributed by atoms with Crippen molar-refractivity contribution in [1.82, 2.24) is 0 Å². The molecule has 3 unspecified atom stereocenters. The van der Waals surface area contributed by atoms with E-state index in [4.69, 9.17) is 10.00 Å². The van der Waals surface area contributed by atoms with E-state index in [0.29, 0.717) is 0 Å². The molecule has 8 heteroatoms. The molecule has 0 fully saturated rings. The maximum atomic E-state index is 13.8. The van der Waals surface area contributed by atoms with Crippen molar-refractivity contribution >= 4 is 0 Å². The zero-order valence-corrected chi connectivity index (χ0v) is 12.4. The van der Waals surface area contributed by atoms with Gasteiger partial charge in [-0.05, 0) is 23.8 Å². The number of aliphatic hydroxyl groups is 1. The first-order chi connectivity index (χ1) is 11.8. The molecule has 0 radical (unpaired) electrons. The summed E-state index contributed by atoms with van der Waals surface area (Å²) in [5, 5.41) is 18.6. The predicted octanol–water partition coefficient (Wildman–Crippen LogP) is 4.82. The van der Waals surface area contributed by atoms with Gasteiger partial charge in [-0.25, -0.2) is 22.0 Å². The summed E-state index contributed by atoms with van der Waals surface area (Å²) < 4.78 is 73.1. The van der Waals surface area contributed by atoms with E-state index in [0.717, 1.165) is 30.3 Å². The highest BCUT2D eigenvalue weighted by atomic mass is 19.3. The number of aliphatic hydroxyl groups excluding tert-OH is 1. The van der Waals surface area contributed by atoms with Crippen LogP contribution in [0.15, 0.2) is 30.3 Å². The Kier molecular flexibility index (Phi) is 4.35. The molecule has 0 bridgehead atoms. The molecule has 3 rings (SSSR count). The number of benzene rings is 2. The second-order valence-electron chi connectivity index (χ2n) is 5.46. The molecule has 0 amide bonds. The van der Waals surface area contributed by atoms with Crippen LogP contribution in [0.5, 0.6) is 11.5 Å². The summed E-state index contributed by atoms with van der Waals surface area (Å²) in [6.45, 7) is 0. The molecular weight excluding hydrogens is 345 g/mol. The predicted molar refractivity (Wildman–Crippen MR) is 76.3 cm³/mol. The van der Waals surface area contributed by atoms with Crippen LogP contribution in [0.25, 0.3) is 0 Å². The Hall–Kier alpha value is -2.66. The lowest BCUT2D eigenvalue weighted by atomic mass is 10.0. The molecule has 1 aliphatic rings. The average molecular weight is 355 g/mol. The maximum absolute atomic E-state index is 13.8. The lowest BCUT2D eigenvalue weighted by Gasteiger charge is -2.16. The van der Waals surface area contributed by atoms with Crippen LogP contribution < -0.4 is 4.74 Å². The van der Waals surface area contributed by atoms with Crippen LogP contribution in [-0.2, 0) is 0 Å². The lowest BCUT2D eigenvalue weighted by molar-refractivity contribution is 0.0442. The first kappa shape index (κ1) is 17.2. The van der Waals surface area contributed by atoms with E-state index in [1.807, 2.05) is 0 Å². The third-order valence-electron chi connectivity index (χ3n) is 3.90. The van der Waals surface area contributed by atoms with Gasteiger partial charge in [-0.15, -0.1) is 0 Å². The quantitative estimate of drug-likeness (QED) is 0.803. The van der Waals surface area contributed by atoms with Crippen molar-refractivity contribution in [3.8, 4) is 17.6 Å². The molecule has 2 aromatic carbocycles. The second kappa shape index (κ2) is 6.33. The maximum Gasteiger partial charge on any atom is 0.267 e. The minimum absolute atomic E-state index is 0.0950. The van der Waals surface area contributed by atoms with Gasteiger partial charge in [0, 0.05) is 11.6 Å². The Morgan fingerprint density at radius 1 is 1.16 bits per heavy atom. The zero-order chi connectivity index (χ0) is 18.3. The molecule has 25 heavy (non-hydrogen) atoms. The molecule has 1 N–H and O–H groups in total. The van der Waals surface area contributed by atoms with Gasteiger partial charge in [-0.3, -0.25) is 0 Å². The highest BCUT2D eigenvalue weighted by Crippen LogP contribution is 2.50. The molecule has 0 spiro atoms. The molecule has 2 aromatic rings. The number of hydrogen-bond donors (Lipinski definition) is 1. The first-order valence-corrected chi connectivity index (χ1v) is 7.13. The molecule has 0 aliphatic heterocycles. The highest BCUT2D eigenvalue weighted by molar-refractivity contribution is 5.53. The highest BCUT2D eigenvalue weighted by Gasteiger charge is 2.44. The van der Waals surface area contributed by atoms with Crippen molar-refractivity contribution in [2.45, 2.75) is 24.9 Å². The number of fused-ring (bicyclic) bond motifs is 1. The minimum Gasteiger partial charge on any atom is -0.457 e. The Morgan fingerprint density at radius 3 is 2.52 bits per heavy atom. The van der Waals surface area contributed by atoms with Crippen LogP contribution in [-0.4, -0.2) is 11.3 Å². The van der Waals surface area contributed by atoms with Gasteiger partial charge in [0.1, 0.15) is 23.4 Å². The van der Waals surface area contributed by atoms with E-state index >= 15 is 0 Å². The molecule has 0 aromatic heterocycles.